The van der Waals surface area contributed by atoms with Gasteiger partial charge in [0.15, 0.2) is 5.78 Å². The van der Waals surface area contributed by atoms with E-state index < -0.39 is 4.92 Å². The monoisotopic (exact) mass is 351 g/mol. The Morgan fingerprint density at radius 2 is 2.12 bits per heavy atom. The van der Waals surface area contributed by atoms with Gasteiger partial charge in [-0.25, -0.2) is 4.98 Å². The van der Waals surface area contributed by atoms with Crippen LogP contribution in [0.25, 0.3) is 16.8 Å². The van der Waals surface area contributed by atoms with Crippen molar-refractivity contribution in [3.05, 3.63) is 81.0 Å². The molecule has 25 heavy (non-hydrogen) atoms. The van der Waals surface area contributed by atoms with Crippen LogP contribution in [0.1, 0.15) is 21.6 Å². The molecule has 0 aliphatic rings. The number of rotatable bonds is 5. The summed E-state index contributed by atoms with van der Waals surface area (Å²) in [5.41, 5.74) is 2.14. The Balaban J connectivity index is 1.79. The van der Waals surface area contributed by atoms with Crippen LogP contribution in [0, 0.1) is 17.0 Å². The fraction of sp³-hybridized carbons (Fsp3) is 0.0556. The number of nitrogens with zero attached hydrogens (tertiary/aromatic N) is 3. The number of aryl methyl sites for hydroxylation is 1. The molecule has 0 saturated carbocycles. The highest BCUT2D eigenvalue weighted by Crippen LogP contribution is 2.23. The van der Waals surface area contributed by atoms with Gasteiger partial charge in [-0.15, -0.1) is 11.3 Å². The number of aromatic nitrogens is 2. The van der Waals surface area contributed by atoms with Crippen molar-refractivity contribution < 1.29 is 9.72 Å². The number of allylic oxidation sites excluding steroid dienone is 1. The van der Waals surface area contributed by atoms with Crippen molar-refractivity contribution in [1.82, 2.24) is 9.97 Å². The molecule has 7 heteroatoms. The van der Waals surface area contributed by atoms with Gasteiger partial charge >= 0.3 is 0 Å². The Morgan fingerprint density at radius 1 is 1.28 bits per heavy atom. The van der Waals surface area contributed by atoms with Gasteiger partial charge in [0, 0.05) is 28.8 Å². The third-order valence-electron chi connectivity index (χ3n) is 3.50. The van der Waals surface area contributed by atoms with Crippen molar-refractivity contribution in [2.75, 3.05) is 0 Å². The molecule has 0 bridgehead atoms. The van der Waals surface area contributed by atoms with Crippen LogP contribution in [-0.4, -0.2) is 20.7 Å². The molecule has 124 valence electrons. The van der Waals surface area contributed by atoms with E-state index in [0.29, 0.717) is 11.3 Å². The molecule has 0 N–H and O–H groups in total. The van der Waals surface area contributed by atoms with Crippen LogP contribution < -0.4 is 0 Å². The van der Waals surface area contributed by atoms with Crippen LogP contribution in [0.2, 0.25) is 0 Å². The lowest BCUT2D eigenvalue weighted by Gasteiger charge is -1.99. The number of hydrogen-bond acceptors (Lipinski definition) is 6. The third kappa shape index (κ3) is 3.84. The molecular formula is C18H13N3O3S. The molecule has 0 saturated heterocycles. The molecule has 0 unspecified atom stereocenters. The molecule has 0 aliphatic heterocycles. The molecule has 1 aromatic carbocycles. The fourth-order valence-corrected chi connectivity index (χ4v) is 2.95. The minimum absolute atomic E-state index is 0.0645. The Labute approximate surface area is 147 Å². The summed E-state index contributed by atoms with van der Waals surface area (Å²) in [6, 6.07) is 10.0. The van der Waals surface area contributed by atoms with E-state index in [2.05, 4.69) is 9.97 Å². The third-order valence-corrected chi connectivity index (χ3v) is 4.38. The first-order chi connectivity index (χ1) is 12.0. The van der Waals surface area contributed by atoms with Gasteiger partial charge in [0.05, 0.1) is 16.3 Å². The Morgan fingerprint density at radius 3 is 2.84 bits per heavy atom. The van der Waals surface area contributed by atoms with Crippen molar-refractivity contribution in [3.63, 3.8) is 0 Å². The normalized spacial score (nSPS) is 10.9. The smallest absolute Gasteiger partial charge is 0.273 e. The van der Waals surface area contributed by atoms with Crippen LogP contribution in [0.4, 0.5) is 5.69 Å². The average molecular weight is 351 g/mol. The summed E-state index contributed by atoms with van der Waals surface area (Å²) in [4.78, 5) is 31.4. The van der Waals surface area contributed by atoms with E-state index in [1.165, 1.54) is 23.5 Å². The standard InChI is InChI=1S/C18H13N3O3S/c1-12-5-6-13(10-16(12)21(23)24)17(22)8-7-14-11-25-18(20-14)15-4-2-3-9-19-15/h2-11H,1H3/b8-7+. The second-order valence-electron chi connectivity index (χ2n) is 5.25. The maximum Gasteiger partial charge on any atom is 0.273 e. The van der Waals surface area contributed by atoms with Gasteiger partial charge in [0.25, 0.3) is 5.69 Å². The Kier molecular flexibility index (Phi) is 4.76. The van der Waals surface area contributed by atoms with E-state index in [9.17, 15) is 14.9 Å². The largest absolute Gasteiger partial charge is 0.289 e. The predicted molar refractivity (Wildman–Crippen MR) is 96.5 cm³/mol. The van der Waals surface area contributed by atoms with Gasteiger partial charge in [-0.05, 0) is 31.2 Å². The van der Waals surface area contributed by atoms with Crippen molar-refractivity contribution in [2.24, 2.45) is 0 Å². The fourth-order valence-electron chi connectivity index (χ4n) is 2.19. The molecular weight excluding hydrogens is 338 g/mol. The lowest BCUT2D eigenvalue weighted by molar-refractivity contribution is -0.385. The van der Waals surface area contributed by atoms with E-state index in [1.54, 1.807) is 31.3 Å². The molecule has 0 fully saturated rings. The van der Waals surface area contributed by atoms with Crippen molar-refractivity contribution in [1.29, 1.82) is 0 Å². The summed E-state index contributed by atoms with van der Waals surface area (Å²) in [5, 5.41) is 13.6. The van der Waals surface area contributed by atoms with Crippen LogP contribution in [0.15, 0.2) is 54.1 Å². The zero-order valence-corrected chi connectivity index (χ0v) is 14.1. The zero-order chi connectivity index (χ0) is 17.8. The minimum Gasteiger partial charge on any atom is -0.289 e. The van der Waals surface area contributed by atoms with Crippen molar-refractivity contribution >= 4 is 28.9 Å². The molecule has 0 spiro atoms. The Hall–Kier alpha value is -3.19. The number of nitro benzene ring substituents is 1. The van der Waals surface area contributed by atoms with E-state index in [4.69, 9.17) is 0 Å². The molecule has 0 aliphatic carbocycles. The van der Waals surface area contributed by atoms with Crippen LogP contribution in [-0.2, 0) is 0 Å². The van der Waals surface area contributed by atoms with Gasteiger partial charge in [0.1, 0.15) is 5.01 Å². The van der Waals surface area contributed by atoms with Crippen LogP contribution in [0.3, 0.4) is 0 Å². The topological polar surface area (TPSA) is 86.0 Å². The first-order valence-electron chi connectivity index (χ1n) is 7.39. The number of nitro groups is 1. The van der Waals surface area contributed by atoms with Gasteiger partial charge < -0.3 is 0 Å². The van der Waals surface area contributed by atoms with E-state index in [-0.39, 0.29) is 17.0 Å². The number of pyridine rings is 1. The average Bonchev–Trinajstić information content (AvgIpc) is 3.09. The minimum atomic E-state index is -0.491. The summed E-state index contributed by atoms with van der Waals surface area (Å²) < 4.78 is 0. The highest BCUT2D eigenvalue weighted by Gasteiger charge is 2.13. The zero-order valence-electron chi connectivity index (χ0n) is 13.2. The van der Waals surface area contributed by atoms with Crippen LogP contribution >= 0.6 is 11.3 Å². The second-order valence-corrected chi connectivity index (χ2v) is 6.11. The SMILES string of the molecule is Cc1ccc(C(=O)/C=C/c2csc(-c3ccccn3)n2)cc1[N+](=O)[O-]. The molecule has 0 amide bonds. The number of benzene rings is 1. The number of carbonyl (C=O) groups is 1. The van der Waals surface area contributed by atoms with Crippen molar-refractivity contribution in [3.8, 4) is 10.7 Å². The predicted octanol–water partition coefficient (Wildman–Crippen LogP) is 4.32. The summed E-state index contributed by atoms with van der Waals surface area (Å²) in [7, 11) is 0. The molecule has 2 aromatic heterocycles. The van der Waals surface area contributed by atoms with E-state index >= 15 is 0 Å². The molecule has 6 nitrogen and oxygen atoms in total. The first-order valence-corrected chi connectivity index (χ1v) is 8.27. The number of hydrogen-bond donors (Lipinski definition) is 0. The quantitative estimate of drug-likeness (QED) is 0.296. The van der Waals surface area contributed by atoms with Gasteiger partial charge in [-0.2, -0.15) is 0 Å². The van der Waals surface area contributed by atoms with Crippen LogP contribution in [0.5, 0.6) is 0 Å². The maximum atomic E-state index is 12.2. The van der Waals surface area contributed by atoms with Gasteiger partial charge in [0.2, 0.25) is 0 Å². The lowest BCUT2D eigenvalue weighted by atomic mass is 10.1. The maximum absolute atomic E-state index is 12.2. The lowest BCUT2D eigenvalue weighted by Crippen LogP contribution is -1.98. The van der Waals surface area contributed by atoms with E-state index in [0.717, 1.165) is 10.7 Å². The highest BCUT2D eigenvalue weighted by molar-refractivity contribution is 7.13. The van der Waals surface area contributed by atoms with Gasteiger partial charge in [-0.1, -0.05) is 18.2 Å². The summed E-state index contributed by atoms with van der Waals surface area (Å²) >= 11 is 1.43. The summed E-state index contributed by atoms with van der Waals surface area (Å²) in [5.74, 6) is -0.310. The summed E-state index contributed by atoms with van der Waals surface area (Å²) in [6.45, 7) is 1.64. The molecule has 0 atom stereocenters. The molecule has 0 radical (unpaired) electrons. The molecule has 3 aromatic rings. The van der Waals surface area contributed by atoms with Gasteiger partial charge in [-0.3, -0.25) is 19.9 Å². The van der Waals surface area contributed by atoms with E-state index in [1.807, 2.05) is 23.6 Å². The Bertz CT molecular complexity index is 965. The number of thiazole rings is 1. The molecule has 2 heterocycles. The van der Waals surface area contributed by atoms with Crippen molar-refractivity contribution in [2.45, 2.75) is 6.92 Å². The first kappa shape index (κ1) is 16.7. The second kappa shape index (κ2) is 7.14. The molecule has 3 rings (SSSR count). The number of ketones is 1. The number of carbonyl (C=O) groups excluding carboxylic acids is 1. The summed E-state index contributed by atoms with van der Waals surface area (Å²) in [6.07, 6.45) is 4.66. The highest BCUT2D eigenvalue weighted by atomic mass is 32.1.